The maximum Gasteiger partial charge on any atom is 0.149 e. The van der Waals surface area contributed by atoms with Crippen molar-refractivity contribution in [2.24, 2.45) is 0 Å². The molecule has 0 spiro atoms. The van der Waals surface area contributed by atoms with Gasteiger partial charge in [0, 0.05) is 25.7 Å². The second kappa shape index (κ2) is 6.69. The molecule has 4 heteroatoms. The number of benzene rings is 1. The minimum Gasteiger partial charge on any atom is -0.367 e. The molecule has 1 N–H and O–H groups in total. The lowest BCUT2D eigenvalue weighted by Gasteiger charge is -2.22. The largest absolute Gasteiger partial charge is 0.367 e. The zero-order chi connectivity index (χ0) is 13.7. The van der Waals surface area contributed by atoms with E-state index in [1.54, 1.807) is 4.90 Å². The van der Waals surface area contributed by atoms with Crippen molar-refractivity contribution in [3.8, 4) is 0 Å². The Morgan fingerprint density at radius 3 is 2.00 bits per heavy atom. The topological polar surface area (TPSA) is 15.3 Å². The van der Waals surface area contributed by atoms with Crippen LogP contribution in [0.3, 0.4) is 0 Å². The average molecular weight is 256 g/mol. The molecule has 0 unspecified atom stereocenters. The van der Waals surface area contributed by atoms with Crippen molar-refractivity contribution in [3.05, 3.63) is 29.3 Å². The normalized spacial score (nSPS) is 11.1. The molecule has 0 heterocycles. The van der Waals surface area contributed by atoms with E-state index in [-0.39, 0.29) is 5.69 Å². The molecule has 0 aromatic heterocycles. The average Bonchev–Trinajstić information content (AvgIpc) is 2.31. The Morgan fingerprint density at radius 2 is 1.61 bits per heavy atom. The van der Waals surface area contributed by atoms with Crippen molar-refractivity contribution in [1.29, 1.82) is 0 Å². The zero-order valence-corrected chi connectivity index (χ0v) is 11.6. The van der Waals surface area contributed by atoms with Gasteiger partial charge in [0.05, 0.1) is 0 Å². The van der Waals surface area contributed by atoms with E-state index in [1.165, 1.54) is 12.1 Å². The smallest absolute Gasteiger partial charge is 0.149 e. The highest BCUT2D eigenvalue weighted by molar-refractivity contribution is 5.50. The molecule has 1 aromatic rings. The van der Waals surface area contributed by atoms with E-state index in [0.29, 0.717) is 31.2 Å². The molecule has 18 heavy (non-hydrogen) atoms. The van der Waals surface area contributed by atoms with E-state index >= 15 is 0 Å². The van der Waals surface area contributed by atoms with Crippen molar-refractivity contribution in [3.63, 3.8) is 0 Å². The molecule has 0 saturated carbocycles. The second-order valence-electron chi connectivity index (χ2n) is 4.62. The minimum absolute atomic E-state index is 0.0771. The first-order valence-corrected chi connectivity index (χ1v) is 6.45. The van der Waals surface area contributed by atoms with Gasteiger partial charge in [0.15, 0.2) is 0 Å². The van der Waals surface area contributed by atoms with Gasteiger partial charge in [-0.1, -0.05) is 13.8 Å². The fourth-order valence-corrected chi connectivity index (χ4v) is 1.88. The summed E-state index contributed by atoms with van der Waals surface area (Å²) in [5.74, 6) is -0.974. The molecule has 0 saturated heterocycles. The molecule has 2 nitrogen and oxygen atoms in total. The SMILES string of the molecule is CCN(CC)c1c(F)cc(CNC(C)C)cc1F. The summed E-state index contributed by atoms with van der Waals surface area (Å²) in [5, 5.41) is 3.15. The Kier molecular flexibility index (Phi) is 5.54. The lowest BCUT2D eigenvalue weighted by Crippen LogP contribution is -2.25. The van der Waals surface area contributed by atoms with Gasteiger partial charge in [-0.3, -0.25) is 0 Å². The quantitative estimate of drug-likeness (QED) is 0.840. The highest BCUT2D eigenvalue weighted by Gasteiger charge is 2.15. The third kappa shape index (κ3) is 3.67. The van der Waals surface area contributed by atoms with Gasteiger partial charge in [0.2, 0.25) is 0 Å². The first kappa shape index (κ1) is 14.9. The highest BCUT2D eigenvalue weighted by Crippen LogP contribution is 2.24. The van der Waals surface area contributed by atoms with Crippen LogP contribution in [0.15, 0.2) is 12.1 Å². The lowest BCUT2D eigenvalue weighted by atomic mass is 10.1. The molecule has 0 fully saturated rings. The number of hydrogen-bond donors (Lipinski definition) is 1. The van der Waals surface area contributed by atoms with Crippen LogP contribution >= 0.6 is 0 Å². The van der Waals surface area contributed by atoms with Gasteiger partial charge in [0.25, 0.3) is 0 Å². The fraction of sp³-hybridized carbons (Fsp3) is 0.571. The van der Waals surface area contributed by atoms with E-state index < -0.39 is 11.6 Å². The molecule has 0 atom stereocenters. The summed E-state index contributed by atoms with van der Waals surface area (Å²) in [5.41, 5.74) is 0.711. The van der Waals surface area contributed by atoms with Gasteiger partial charge in [-0.05, 0) is 31.5 Å². The van der Waals surface area contributed by atoms with Gasteiger partial charge >= 0.3 is 0 Å². The van der Waals surface area contributed by atoms with Gasteiger partial charge in [-0.2, -0.15) is 0 Å². The van der Waals surface area contributed by atoms with Gasteiger partial charge < -0.3 is 10.2 Å². The van der Waals surface area contributed by atoms with Crippen LogP contribution in [0.25, 0.3) is 0 Å². The Balaban J connectivity index is 2.97. The predicted octanol–water partition coefficient (Wildman–Crippen LogP) is 3.31. The Morgan fingerprint density at radius 1 is 1.11 bits per heavy atom. The maximum atomic E-state index is 14.0. The number of nitrogens with zero attached hydrogens (tertiary/aromatic N) is 1. The summed E-state index contributed by atoms with van der Waals surface area (Å²) in [6.07, 6.45) is 0. The van der Waals surface area contributed by atoms with E-state index in [0.717, 1.165) is 0 Å². The molecule has 1 rings (SSSR count). The highest BCUT2D eigenvalue weighted by atomic mass is 19.1. The van der Waals surface area contributed by atoms with Crippen molar-refractivity contribution >= 4 is 5.69 Å². The van der Waals surface area contributed by atoms with Gasteiger partial charge in [0.1, 0.15) is 17.3 Å². The first-order valence-electron chi connectivity index (χ1n) is 6.45. The molecule has 0 bridgehead atoms. The van der Waals surface area contributed by atoms with Crippen LogP contribution in [0.2, 0.25) is 0 Å². The summed E-state index contributed by atoms with van der Waals surface area (Å²) in [7, 11) is 0. The predicted molar refractivity (Wildman–Crippen MR) is 71.9 cm³/mol. The molecule has 0 aliphatic heterocycles. The molecule has 1 aromatic carbocycles. The van der Waals surface area contributed by atoms with Crippen molar-refractivity contribution in [2.75, 3.05) is 18.0 Å². The summed E-state index contributed by atoms with van der Waals surface area (Å²) >= 11 is 0. The summed E-state index contributed by atoms with van der Waals surface area (Å²) in [6.45, 7) is 9.42. The van der Waals surface area contributed by atoms with Gasteiger partial charge in [-0.15, -0.1) is 0 Å². The lowest BCUT2D eigenvalue weighted by molar-refractivity contribution is 0.555. The van der Waals surface area contributed by atoms with Crippen molar-refractivity contribution < 1.29 is 8.78 Å². The number of halogens is 2. The maximum absolute atomic E-state index is 14.0. The van der Waals surface area contributed by atoms with Crippen LogP contribution in [0.5, 0.6) is 0 Å². The zero-order valence-electron chi connectivity index (χ0n) is 11.6. The number of hydrogen-bond acceptors (Lipinski definition) is 2. The van der Waals surface area contributed by atoms with Crippen LogP contribution < -0.4 is 10.2 Å². The summed E-state index contributed by atoms with van der Waals surface area (Å²) < 4.78 is 27.9. The van der Waals surface area contributed by atoms with E-state index in [2.05, 4.69) is 5.32 Å². The van der Waals surface area contributed by atoms with Crippen LogP contribution in [0.1, 0.15) is 33.3 Å². The van der Waals surface area contributed by atoms with Crippen molar-refractivity contribution in [1.82, 2.24) is 5.32 Å². The molecular formula is C14H22F2N2. The monoisotopic (exact) mass is 256 g/mol. The Bertz CT molecular complexity index is 364. The van der Waals surface area contributed by atoms with Crippen LogP contribution in [-0.2, 0) is 6.54 Å². The molecule has 0 aliphatic rings. The van der Waals surface area contributed by atoms with Gasteiger partial charge in [-0.25, -0.2) is 8.78 Å². The fourth-order valence-electron chi connectivity index (χ4n) is 1.88. The van der Waals surface area contributed by atoms with E-state index in [1.807, 2.05) is 27.7 Å². The van der Waals surface area contributed by atoms with E-state index in [4.69, 9.17) is 0 Å². The third-order valence-electron chi connectivity index (χ3n) is 2.87. The van der Waals surface area contributed by atoms with Crippen LogP contribution in [-0.4, -0.2) is 19.1 Å². The summed E-state index contributed by atoms with van der Waals surface area (Å²) in [4.78, 5) is 1.68. The van der Waals surface area contributed by atoms with Crippen LogP contribution in [0.4, 0.5) is 14.5 Å². The molecule has 0 amide bonds. The second-order valence-corrected chi connectivity index (χ2v) is 4.62. The number of anilines is 1. The Labute approximate surface area is 108 Å². The number of rotatable bonds is 6. The Hall–Kier alpha value is -1.16. The molecule has 0 radical (unpaired) electrons. The molecule has 102 valence electrons. The van der Waals surface area contributed by atoms with E-state index in [9.17, 15) is 8.78 Å². The first-order chi connectivity index (χ1) is 8.49. The third-order valence-corrected chi connectivity index (χ3v) is 2.87. The van der Waals surface area contributed by atoms with Crippen LogP contribution in [0, 0.1) is 11.6 Å². The standard InChI is InChI=1S/C14H22F2N2/c1-5-18(6-2)14-12(15)7-11(8-13(14)16)9-17-10(3)4/h7-8,10,17H,5-6,9H2,1-4H3. The molecular weight excluding hydrogens is 234 g/mol. The molecule has 0 aliphatic carbocycles. The van der Waals surface area contributed by atoms with Crippen molar-refractivity contribution in [2.45, 2.75) is 40.3 Å². The summed E-state index contributed by atoms with van der Waals surface area (Å²) in [6, 6.07) is 3.11. The number of nitrogens with one attached hydrogen (secondary N) is 1. The minimum atomic E-state index is -0.487.